The predicted octanol–water partition coefficient (Wildman–Crippen LogP) is 11.6. The fourth-order valence-corrected chi connectivity index (χ4v) is 5.24. The van der Waals surface area contributed by atoms with Gasteiger partial charge in [-0.05, 0) is 44.9 Å². The van der Waals surface area contributed by atoms with E-state index in [1.807, 2.05) is 0 Å². The number of ether oxygens (including phenoxy) is 2. The zero-order valence-corrected chi connectivity index (χ0v) is 28.3. The van der Waals surface area contributed by atoms with Crippen molar-refractivity contribution >= 4 is 5.97 Å². The second-order valence-electron chi connectivity index (χ2n) is 12.3. The van der Waals surface area contributed by atoms with Gasteiger partial charge in [0.05, 0.1) is 13.2 Å². The van der Waals surface area contributed by atoms with Gasteiger partial charge >= 0.3 is 5.97 Å². The normalized spacial score (nSPS) is 12.5. The average Bonchev–Trinajstić information content (AvgIpc) is 3.00. The number of unbranched alkanes of at least 4 members (excludes halogenated alkanes) is 22. The quantitative estimate of drug-likeness (QED) is 0.0459. The van der Waals surface area contributed by atoms with Crippen LogP contribution in [0.15, 0.2) is 24.3 Å². The van der Waals surface area contributed by atoms with Crippen LogP contribution >= 0.6 is 0 Å². The molecule has 0 spiro atoms. The molecule has 0 heterocycles. The Hall–Kier alpha value is -1.13. The maximum atomic E-state index is 12.1. The van der Waals surface area contributed by atoms with Crippen LogP contribution < -0.4 is 0 Å². The molecule has 0 aromatic carbocycles. The summed E-state index contributed by atoms with van der Waals surface area (Å²) in [5, 5.41) is 9.54. The van der Waals surface area contributed by atoms with E-state index in [2.05, 4.69) is 38.2 Å². The number of aliphatic hydroxyl groups is 1. The van der Waals surface area contributed by atoms with Crippen LogP contribution in [0.4, 0.5) is 0 Å². The standard InChI is InChI=1S/C38H72O4/c1-3-5-7-9-11-13-15-17-18-19-20-21-22-24-26-28-30-32-34-41-36-37(35-39)42-38(40)33-31-29-27-25-23-16-14-12-10-8-6-4-2/h11,13,17-18,37,39H,3-10,12,14-16,19-36H2,1-2H3/b13-11-,18-17-. The molecule has 0 aliphatic carbocycles. The van der Waals surface area contributed by atoms with Crippen LogP contribution in [-0.4, -0.2) is 37.0 Å². The van der Waals surface area contributed by atoms with Crippen molar-refractivity contribution in [1.82, 2.24) is 0 Å². The van der Waals surface area contributed by atoms with Gasteiger partial charge in [0, 0.05) is 13.0 Å². The van der Waals surface area contributed by atoms with E-state index in [0.29, 0.717) is 19.6 Å². The molecule has 0 bridgehead atoms. The lowest BCUT2D eigenvalue weighted by atomic mass is 10.0. The number of hydrogen-bond acceptors (Lipinski definition) is 4. The minimum absolute atomic E-state index is 0.170. The molecule has 0 rings (SSSR count). The molecule has 4 nitrogen and oxygen atoms in total. The second-order valence-corrected chi connectivity index (χ2v) is 12.3. The van der Waals surface area contributed by atoms with Crippen molar-refractivity contribution in [1.29, 1.82) is 0 Å². The Morgan fingerprint density at radius 1 is 0.571 bits per heavy atom. The van der Waals surface area contributed by atoms with E-state index in [9.17, 15) is 9.90 Å². The monoisotopic (exact) mass is 593 g/mol. The molecule has 42 heavy (non-hydrogen) atoms. The molecule has 0 aliphatic heterocycles. The third-order valence-corrected chi connectivity index (χ3v) is 8.03. The van der Waals surface area contributed by atoms with Crippen LogP contribution in [0.25, 0.3) is 0 Å². The Morgan fingerprint density at radius 2 is 1.00 bits per heavy atom. The summed E-state index contributed by atoms with van der Waals surface area (Å²) in [4.78, 5) is 12.1. The first kappa shape index (κ1) is 40.9. The molecule has 1 atom stereocenters. The van der Waals surface area contributed by atoms with Crippen molar-refractivity contribution in [2.45, 2.75) is 193 Å². The number of rotatable bonds is 34. The van der Waals surface area contributed by atoms with E-state index in [1.54, 1.807) is 0 Å². The Bertz CT molecular complexity index is 586. The summed E-state index contributed by atoms with van der Waals surface area (Å²) in [6.45, 7) is 5.32. The summed E-state index contributed by atoms with van der Waals surface area (Å²) in [6, 6.07) is 0. The van der Waals surface area contributed by atoms with Crippen LogP contribution in [-0.2, 0) is 14.3 Å². The number of hydrogen-bond donors (Lipinski definition) is 1. The molecule has 0 aromatic rings. The molecule has 0 radical (unpaired) electrons. The summed E-state index contributed by atoms with van der Waals surface area (Å²) in [6.07, 6.45) is 42.1. The van der Waals surface area contributed by atoms with Gasteiger partial charge in [0.1, 0.15) is 6.10 Å². The molecular weight excluding hydrogens is 520 g/mol. The zero-order valence-electron chi connectivity index (χ0n) is 28.3. The topological polar surface area (TPSA) is 55.8 Å². The fraction of sp³-hybridized carbons (Fsp3) is 0.868. The number of esters is 1. The maximum absolute atomic E-state index is 12.1. The van der Waals surface area contributed by atoms with Gasteiger partial charge in [0.2, 0.25) is 0 Å². The third kappa shape index (κ3) is 33.4. The number of allylic oxidation sites excluding steroid dienone is 4. The van der Waals surface area contributed by atoms with E-state index < -0.39 is 6.10 Å². The Balaban J connectivity index is 3.43. The van der Waals surface area contributed by atoms with Gasteiger partial charge in [-0.15, -0.1) is 0 Å². The first-order valence-corrected chi connectivity index (χ1v) is 18.4. The zero-order chi connectivity index (χ0) is 30.6. The Labute approximate surface area is 262 Å². The lowest BCUT2D eigenvalue weighted by Crippen LogP contribution is -2.27. The highest BCUT2D eigenvalue weighted by Gasteiger charge is 2.13. The van der Waals surface area contributed by atoms with Crippen molar-refractivity contribution in [3.63, 3.8) is 0 Å². The molecule has 0 amide bonds. The minimum Gasteiger partial charge on any atom is -0.457 e. The van der Waals surface area contributed by atoms with E-state index in [4.69, 9.17) is 9.47 Å². The van der Waals surface area contributed by atoms with E-state index in [-0.39, 0.29) is 12.6 Å². The highest BCUT2D eigenvalue weighted by atomic mass is 16.6. The molecule has 0 aliphatic rings. The summed E-state index contributed by atoms with van der Waals surface area (Å²) in [5.74, 6) is -0.203. The summed E-state index contributed by atoms with van der Waals surface area (Å²) in [5.41, 5.74) is 0. The molecule has 1 unspecified atom stereocenters. The largest absolute Gasteiger partial charge is 0.457 e. The molecule has 0 fully saturated rings. The van der Waals surface area contributed by atoms with Crippen LogP contribution in [0.2, 0.25) is 0 Å². The molecule has 1 N–H and O–H groups in total. The van der Waals surface area contributed by atoms with Crippen LogP contribution in [0.5, 0.6) is 0 Å². The molecule has 0 aromatic heterocycles. The van der Waals surface area contributed by atoms with Crippen molar-refractivity contribution in [2.75, 3.05) is 19.8 Å². The van der Waals surface area contributed by atoms with Crippen LogP contribution in [0.3, 0.4) is 0 Å². The molecular formula is C38H72O4. The predicted molar refractivity (Wildman–Crippen MR) is 182 cm³/mol. The first-order chi connectivity index (χ1) is 20.7. The molecule has 248 valence electrons. The summed E-state index contributed by atoms with van der Waals surface area (Å²) in [7, 11) is 0. The summed E-state index contributed by atoms with van der Waals surface area (Å²) < 4.78 is 11.1. The SMILES string of the molecule is CCCCC/C=C\C/C=C\CCCCCCCCCCOCC(CO)OC(=O)CCCCCCCCCCCCCC. The van der Waals surface area contributed by atoms with E-state index >= 15 is 0 Å². The lowest BCUT2D eigenvalue weighted by molar-refractivity contribution is -0.154. The number of carbonyl (C=O) groups excluding carboxylic acids is 1. The number of carbonyl (C=O) groups is 1. The van der Waals surface area contributed by atoms with Gasteiger partial charge in [-0.1, -0.05) is 160 Å². The van der Waals surface area contributed by atoms with Crippen LogP contribution in [0.1, 0.15) is 187 Å². The maximum Gasteiger partial charge on any atom is 0.306 e. The van der Waals surface area contributed by atoms with Gasteiger partial charge < -0.3 is 14.6 Å². The van der Waals surface area contributed by atoms with E-state index in [0.717, 1.165) is 25.7 Å². The molecule has 0 saturated carbocycles. The highest BCUT2D eigenvalue weighted by Crippen LogP contribution is 2.13. The summed E-state index contributed by atoms with van der Waals surface area (Å²) >= 11 is 0. The van der Waals surface area contributed by atoms with Gasteiger partial charge in [0.25, 0.3) is 0 Å². The molecule has 0 saturated heterocycles. The second kappa shape index (κ2) is 36.1. The average molecular weight is 593 g/mol. The smallest absolute Gasteiger partial charge is 0.306 e. The Kier molecular flexibility index (Phi) is 35.1. The minimum atomic E-state index is -0.531. The lowest BCUT2D eigenvalue weighted by Gasteiger charge is -2.16. The molecule has 4 heteroatoms. The number of aliphatic hydroxyl groups excluding tert-OH is 1. The van der Waals surface area contributed by atoms with Gasteiger partial charge in [-0.2, -0.15) is 0 Å². The van der Waals surface area contributed by atoms with Gasteiger partial charge in [-0.25, -0.2) is 0 Å². The van der Waals surface area contributed by atoms with Crippen LogP contribution in [0, 0.1) is 0 Å². The van der Waals surface area contributed by atoms with Gasteiger partial charge in [0.15, 0.2) is 0 Å². The van der Waals surface area contributed by atoms with E-state index in [1.165, 1.54) is 141 Å². The highest BCUT2D eigenvalue weighted by molar-refractivity contribution is 5.69. The first-order valence-electron chi connectivity index (χ1n) is 18.4. The van der Waals surface area contributed by atoms with Crippen molar-refractivity contribution in [2.24, 2.45) is 0 Å². The van der Waals surface area contributed by atoms with Gasteiger partial charge in [-0.3, -0.25) is 4.79 Å². The van der Waals surface area contributed by atoms with Crippen molar-refractivity contribution < 1.29 is 19.4 Å². The third-order valence-electron chi connectivity index (χ3n) is 8.03. The Morgan fingerprint density at radius 3 is 1.52 bits per heavy atom. The van der Waals surface area contributed by atoms with Crippen molar-refractivity contribution in [3.05, 3.63) is 24.3 Å². The fourth-order valence-electron chi connectivity index (χ4n) is 5.24. The van der Waals surface area contributed by atoms with Crippen molar-refractivity contribution in [3.8, 4) is 0 Å².